The van der Waals surface area contributed by atoms with Gasteiger partial charge in [-0.1, -0.05) is 12.8 Å². The number of rotatable bonds is 9. The zero-order valence-corrected chi connectivity index (χ0v) is 10.1. The first-order valence-corrected chi connectivity index (χ1v) is 5.70. The van der Waals surface area contributed by atoms with Crippen LogP contribution in [0.3, 0.4) is 0 Å². The summed E-state index contributed by atoms with van der Waals surface area (Å²) < 4.78 is 0. The predicted octanol–water partition coefficient (Wildman–Crippen LogP) is 0.999. The van der Waals surface area contributed by atoms with Gasteiger partial charge in [0.05, 0.1) is 0 Å². The van der Waals surface area contributed by atoms with Crippen LogP contribution in [0.1, 0.15) is 25.7 Å². The highest BCUT2D eigenvalue weighted by Crippen LogP contribution is 1.99. The van der Waals surface area contributed by atoms with Crippen LogP contribution in [0.4, 0.5) is 0 Å². The topological polar surface area (TPSA) is 32.5 Å². The van der Waals surface area contributed by atoms with Gasteiger partial charge < -0.3 is 15.5 Å². The lowest BCUT2D eigenvalue weighted by molar-refractivity contribution is 0.277. The third-order valence-corrected chi connectivity index (χ3v) is 2.42. The highest BCUT2D eigenvalue weighted by molar-refractivity contribution is 4.54. The minimum atomic E-state index is 0.844. The van der Waals surface area contributed by atoms with Crippen molar-refractivity contribution in [2.45, 2.75) is 25.7 Å². The van der Waals surface area contributed by atoms with Gasteiger partial charge in [-0.15, -0.1) is 0 Å². The van der Waals surface area contributed by atoms with Gasteiger partial charge in [0.2, 0.25) is 0 Å². The number of nitrogens with two attached hydrogens (primary N) is 1. The highest BCUT2D eigenvalue weighted by atomic mass is 15.1. The van der Waals surface area contributed by atoms with Crippen LogP contribution < -0.4 is 5.73 Å². The van der Waals surface area contributed by atoms with Crippen LogP contribution in [0.25, 0.3) is 0 Å². The van der Waals surface area contributed by atoms with Gasteiger partial charge in [0.15, 0.2) is 0 Å². The van der Waals surface area contributed by atoms with Gasteiger partial charge >= 0.3 is 0 Å². The minimum Gasteiger partial charge on any atom is -0.330 e. The number of hydrogen-bond acceptors (Lipinski definition) is 3. The molecule has 0 fully saturated rings. The molecule has 0 amide bonds. The molecule has 0 aromatic carbocycles. The zero-order valence-electron chi connectivity index (χ0n) is 10.1. The van der Waals surface area contributed by atoms with Crippen molar-refractivity contribution < 1.29 is 0 Å². The third kappa shape index (κ3) is 9.96. The Kier molecular flexibility index (Phi) is 9.35. The molecule has 0 rings (SSSR count). The molecule has 0 aliphatic carbocycles. The molecule has 0 saturated heterocycles. The lowest BCUT2D eigenvalue weighted by atomic mass is 10.2. The second kappa shape index (κ2) is 9.44. The fourth-order valence-corrected chi connectivity index (χ4v) is 1.36. The lowest BCUT2D eigenvalue weighted by Crippen LogP contribution is -2.29. The second-order valence-corrected chi connectivity index (χ2v) is 4.31. The summed E-state index contributed by atoms with van der Waals surface area (Å²) in [5, 5.41) is 0. The lowest BCUT2D eigenvalue weighted by Gasteiger charge is -2.18. The number of hydrogen-bond donors (Lipinski definition) is 1. The fraction of sp³-hybridized carbons (Fsp3) is 1.00. The summed E-state index contributed by atoms with van der Waals surface area (Å²) >= 11 is 0. The summed E-state index contributed by atoms with van der Waals surface area (Å²) in [5.74, 6) is 0. The molecule has 0 atom stereocenters. The van der Waals surface area contributed by atoms with Crippen molar-refractivity contribution in [3.63, 3.8) is 0 Å². The molecule has 14 heavy (non-hydrogen) atoms. The van der Waals surface area contributed by atoms with Crippen LogP contribution in [-0.4, -0.2) is 57.1 Å². The molecule has 3 nitrogen and oxygen atoms in total. The first-order chi connectivity index (χ1) is 6.66. The monoisotopic (exact) mass is 201 g/mol. The van der Waals surface area contributed by atoms with E-state index in [2.05, 4.69) is 30.9 Å². The molecular weight excluding hydrogens is 174 g/mol. The van der Waals surface area contributed by atoms with Crippen molar-refractivity contribution in [3.05, 3.63) is 0 Å². The van der Waals surface area contributed by atoms with Gasteiger partial charge in [-0.2, -0.15) is 0 Å². The average Bonchev–Trinajstić information content (AvgIpc) is 2.14. The number of unbranched alkanes of at least 4 members (excludes halogenated alkanes) is 3. The van der Waals surface area contributed by atoms with E-state index in [1.165, 1.54) is 38.8 Å². The maximum absolute atomic E-state index is 5.44. The molecule has 0 heterocycles. The molecular formula is C11H27N3. The molecule has 86 valence electrons. The Morgan fingerprint density at radius 3 is 2.00 bits per heavy atom. The first kappa shape index (κ1) is 13.9. The van der Waals surface area contributed by atoms with Crippen molar-refractivity contribution in [1.82, 2.24) is 9.80 Å². The Labute approximate surface area is 89.2 Å². The van der Waals surface area contributed by atoms with Gasteiger partial charge in [-0.25, -0.2) is 0 Å². The van der Waals surface area contributed by atoms with Crippen molar-refractivity contribution >= 4 is 0 Å². The standard InChI is InChI=1S/C11H27N3/c1-13(2)10-11-14(3)9-7-5-4-6-8-12/h4-12H2,1-3H3. The van der Waals surface area contributed by atoms with Crippen LogP contribution in [0, 0.1) is 0 Å². The molecule has 0 aromatic rings. The Morgan fingerprint density at radius 2 is 1.43 bits per heavy atom. The first-order valence-electron chi connectivity index (χ1n) is 5.70. The van der Waals surface area contributed by atoms with Crippen molar-refractivity contribution in [2.75, 3.05) is 47.3 Å². The normalized spacial score (nSPS) is 11.6. The zero-order chi connectivity index (χ0) is 10.8. The summed E-state index contributed by atoms with van der Waals surface area (Å²) in [4.78, 5) is 4.63. The molecule has 0 aromatic heterocycles. The van der Waals surface area contributed by atoms with E-state index in [0.29, 0.717) is 0 Å². The maximum atomic E-state index is 5.44. The Morgan fingerprint density at radius 1 is 0.786 bits per heavy atom. The minimum absolute atomic E-state index is 0.844. The Bertz CT molecular complexity index is 115. The summed E-state index contributed by atoms with van der Waals surface area (Å²) in [6, 6.07) is 0. The van der Waals surface area contributed by atoms with E-state index >= 15 is 0 Å². The summed E-state index contributed by atoms with van der Waals surface area (Å²) in [6.45, 7) is 4.39. The second-order valence-electron chi connectivity index (χ2n) is 4.31. The number of nitrogens with zero attached hydrogens (tertiary/aromatic N) is 2. The van der Waals surface area contributed by atoms with Gasteiger partial charge in [-0.3, -0.25) is 0 Å². The summed E-state index contributed by atoms with van der Waals surface area (Å²) in [5.41, 5.74) is 5.44. The largest absolute Gasteiger partial charge is 0.330 e. The summed E-state index contributed by atoms with van der Waals surface area (Å²) in [7, 11) is 6.44. The Balaban J connectivity index is 3.14. The molecule has 0 saturated carbocycles. The molecule has 0 aliphatic rings. The van der Waals surface area contributed by atoms with Gasteiger partial charge in [0, 0.05) is 13.1 Å². The van der Waals surface area contributed by atoms with Crippen LogP contribution >= 0.6 is 0 Å². The third-order valence-electron chi connectivity index (χ3n) is 2.42. The highest BCUT2D eigenvalue weighted by Gasteiger charge is 1.98. The quantitative estimate of drug-likeness (QED) is 0.565. The molecule has 0 unspecified atom stereocenters. The van der Waals surface area contributed by atoms with E-state index in [9.17, 15) is 0 Å². The molecule has 2 N–H and O–H groups in total. The van der Waals surface area contributed by atoms with Gasteiger partial charge in [0.1, 0.15) is 0 Å². The SMILES string of the molecule is CN(C)CCN(C)CCCCCCN. The fourth-order valence-electron chi connectivity index (χ4n) is 1.36. The Hall–Kier alpha value is -0.120. The van der Waals surface area contributed by atoms with Gasteiger partial charge in [0.25, 0.3) is 0 Å². The molecule has 0 radical (unpaired) electrons. The van der Waals surface area contributed by atoms with E-state index in [4.69, 9.17) is 5.73 Å². The molecule has 3 heteroatoms. The summed E-state index contributed by atoms with van der Waals surface area (Å²) in [6.07, 6.45) is 5.10. The molecule has 0 aliphatic heterocycles. The van der Waals surface area contributed by atoms with Crippen LogP contribution in [0.15, 0.2) is 0 Å². The maximum Gasteiger partial charge on any atom is 0.0106 e. The number of likely N-dealkylation sites (N-methyl/N-ethyl adjacent to an activating group) is 2. The van der Waals surface area contributed by atoms with Crippen molar-refractivity contribution in [3.8, 4) is 0 Å². The van der Waals surface area contributed by atoms with E-state index in [1.54, 1.807) is 0 Å². The van der Waals surface area contributed by atoms with Crippen molar-refractivity contribution in [2.24, 2.45) is 5.73 Å². The van der Waals surface area contributed by atoms with Crippen molar-refractivity contribution in [1.29, 1.82) is 0 Å². The smallest absolute Gasteiger partial charge is 0.0106 e. The van der Waals surface area contributed by atoms with E-state index in [1.807, 2.05) is 0 Å². The van der Waals surface area contributed by atoms with E-state index < -0.39 is 0 Å². The van der Waals surface area contributed by atoms with Crippen LogP contribution in [-0.2, 0) is 0 Å². The molecule has 0 bridgehead atoms. The van der Waals surface area contributed by atoms with E-state index in [0.717, 1.165) is 13.1 Å². The molecule has 0 spiro atoms. The van der Waals surface area contributed by atoms with Gasteiger partial charge in [-0.05, 0) is 47.1 Å². The van der Waals surface area contributed by atoms with E-state index in [-0.39, 0.29) is 0 Å². The predicted molar refractivity (Wildman–Crippen MR) is 63.6 cm³/mol. The van der Waals surface area contributed by atoms with Crippen LogP contribution in [0.5, 0.6) is 0 Å². The average molecular weight is 201 g/mol. The van der Waals surface area contributed by atoms with Crippen LogP contribution in [0.2, 0.25) is 0 Å².